The molecule has 4 aromatic rings. The number of halogens is 2. The van der Waals surface area contributed by atoms with Gasteiger partial charge in [-0.05, 0) is 48.5 Å². The summed E-state index contributed by atoms with van der Waals surface area (Å²) >= 11 is 11.8. The first-order chi connectivity index (χ1) is 17.1. The van der Waals surface area contributed by atoms with Crippen LogP contribution in [0.5, 0.6) is 5.75 Å². The number of fused-ring (bicyclic) bond motifs is 1. The molecule has 0 aliphatic rings. The number of alkyl halides is 2. The molecule has 0 aliphatic carbocycles. The Morgan fingerprint density at radius 2 is 1.66 bits per heavy atom. The molecular formula is C27H26Cl2N4O2. The summed E-state index contributed by atoms with van der Waals surface area (Å²) < 4.78 is 5.35. The minimum atomic E-state index is -0.343. The average Bonchev–Trinajstić information content (AvgIpc) is 2.89. The topological polar surface area (TPSA) is 66.5 Å². The van der Waals surface area contributed by atoms with Crippen LogP contribution in [0.1, 0.15) is 0 Å². The first kappa shape index (κ1) is 24.6. The standard InChI is InChI=1S/C27H26Cl2N4O2/c1-35-22-6-4-5-19(17-22)25-18-26(23-7-2-3-8-24(23)31-25)32-27(34)30-20-9-11-21(12-10-20)33(15-13-28)16-14-29/h2-12,17-18H,13-16H2,1H3,(H2,30,31,32,34). The highest BCUT2D eigenvalue weighted by Crippen LogP contribution is 2.30. The molecule has 2 amide bonds. The smallest absolute Gasteiger partial charge is 0.323 e. The third-order valence-electron chi connectivity index (χ3n) is 5.53. The molecule has 0 atom stereocenters. The van der Waals surface area contributed by atoms with Crippen LogP contribution >= 0.6 is 23.2 Å². The zero-order chi connectivity index (χ0) is 24.6. The van der Waals surface area contributed by atoms with E-state index in [1.54, 1.807) is 7.11 Å². The van der Waals surface area contributed by atoms with Gasteiger partial charge in [-0.25, -0.2) is 9.78 Å². The van der Waals surface area contributed by atoms with Gasteiger partial charge in [0.1, 0.15) is 5.75 Å². The van der Waals surface area contributed by atoms with Crippen molar-refractivity contribution in [3.05, 3.63) is 78.9 Å². The number of ether oxygens (including phenoxy) is 1. The first-order valence-electron chi connectivity index (χ1n) is 11.2. The van der Waals surface area contributed by atoms with E-state index in [1.165, 1.54) is 0 Å². The molecule has 0 fully saturated rings. The summed E-state index contributed by atoms with van der Waals surface area (Å²) in [5.41, 5.74) is 4.76. The Kier molecular flexibility index (Phi) is 8.29. The Balaban J connectivity index is 1.55. The Morgan fingerprint density at radius 3 is 2.37 bits per heavy atom. The van der Waals surface area contributed by atoms with E-state index in [1.807, 2.05) is 78.9 Å². The fourth-order valence-corrected chi connectivity index (χ4v) is 4.23. The molecule has 3 aromatic carbocycles. The number of anilines is 3. The molecule has 4 rings (SSSR count). The van der Waals surface area contributed by atoms with Gasteiger partial charge in [0.2, 0.25) is 0 Å². The number of benzene rings is 3. The zero-order valence-electron chi connectivity index (χ0n) is 19.3. The lowest BCUT2D eigenvalue weighted by molar-refractivity contribution is 0.262. The normalized spacial score (nSPS) is 10.7. The van der Waals surface area contributed by atoms with Crippen molar-refractivity contribution in [3.63, 3.8) is 0 Å². The van der Waals surface area contributed by atoms with Crippen LogP contribution in [0, 0.1) is 0 Å². The molecule has 0 saturated carbocycles. The largest absolute Gasteiger partial charge is 0.497 e. The van der Waals surface area contributed by atoms with E-state index in [2.05, 4.69) is 15.5 Å². The molecule has 8 heteroatoms. The summed E-state index contributed by atoms with van der Waals surface area (Å²) in [5.74, 6) is 1.76. The van der Waals surface area contributed by atoms with Gasteiger partial charge in [-0.1, -0.05) is 30.3 Å². The SMILES string of the molecule is COc1cccc(-c2cc(NC(=O)Nc3ccc(N(CCCl)CCCl)cc3)c3ccccc3n2)c1. The number of aromatic nitrogens is 1. The number of para-hydroxylation sites is 1. The summed E-state index contributed by atoms with van der Waals surface area (Å²) in [5, 5.41) is 6.73. The van der Waals surface area contributed by atoms with Gasteiger partial charge in [0.05, 0.1) is 24.0 Å². The van der Waals surface area contributed by atoms with E-state index in [-0.39, 0.29) is 6.03 Å². The van der Waals surface area contributed by atoms with Crippen LogP contribution in [0.4, 0.5) is 21.9 Å². The third-order valence-corrected chi connectivity index (χ3v) is 5.87. The third kappa shape index (κ3) is 6.15. The monoisotopic (exact) mass is 508 g/mol. The fourth-order valence-electron chi connectivity index (χ4n) is 3.82. The quantitative estimate of drug-likeness (QED) is 0.243. The van der Waals surface area contributed by atoms with Crippen LogP contribution in [0.25, 0.3) is 22.2 Å². The first-order valence-corrected chi connectivity index (χ1v) is 12.3. The van der Waals surface area contributed by atoms with Crippen molar-refractivity contribution < 1.29 is 9.53 Å². The number of methoxy groups -OCH3 is 1. The van der Waals surface area contributed by atoms with Gasteiger partial charge in [-0.3, -0.25) is 0 Å². The van der Waals surface area contributed by atoms with Crippen molar-refractivity contribution in [2.45, 2.75) is 0 Å². The predicted molar refractivity (Wildman–Crippen MR) is 146 cm³/mol. The number of pyridine rings is 1. The van der Waals surface area contributed by atoms with Crippen molar-refractivity contribution in [2.24, 2.45) is 0 Å². The number of nitrogens with zero attached hydrogens (tertiary/aromatic N) is 2. The second-order valence-electron chi connectivity index (χ2n) is 7.80. The average molecular weight is 509 g/mol. The van der Waals surface area contributed by atoms with E-state index in [9.17, 15) is 4.79 Å². The molecule has 0 bridgehead atoms. The molecule has 1 heterocycles. The molecule has 6 nitrogen and oxygen atoms in total. The van der Waals surface area contributed by atoms with Gasteiger partial charge in [0.25, 0.3) is 0 Å². The molecule has 35 heavy (non-hydrogen) atoms. The molecule has 1 aromatic heterocycles. The van der Waals surface area contributed by atoms with Crippen LogP contribution in [0.3, 0.4) is 0 Å². The number of nitrogens with one attached hydrogen (secondary N) is 2. The molecule has 0 aliphatic heterocycles. The van der Waals surface area contributed by atoms with Crippen molar-refractivity contribution in [2.75, 3.05) is 47.5 Å². The van der Waals surface area contributed by atoms with Crippen LogP contribution in [-0.2, 0) is 0 Å². The molecule has 0 spiro atoms. The second kappa shape index (κ2) is 11.8. The number of carbonyl (C=O) groups is 1. The van der Waals surface area contributed by atoms with Crippen molar-refractivity contribution in [1.82, 2.24) is 4.98 Å². The maximum Gasteiger partial charge on any atom is 0.323 e. The lowest BCUT2D eigenvalue weighted by Gasteiger charge is -2.23. The Labute approximate surface area is 214 Å². The van der Waals surface area contributed by atoms with Crippen molar-refractivity contribution in [1.29, 1.82) is 0 Å². The van der Waals surface area contributed by atoms with Crippen LogP contribution in [0.15, 0.2) is 78.9 Å². The van der Waals surface area contributed by atoms with E-state index < -0.39 is 0 Å². The van der Waals surface area contributed by atoms with Crippen molar-refractivity contribution >= 4 is 57.2 Å². The van der Waals surface area contributed by atoms with Gasteiger partial charge in [-0.15, -0.1) is 23.2 Å². The Hall–Kier alpha value is -3.48. The highest BCUT2D eigenvalue weighted by atomic mass is 35.5. The van der Waals surface area contributed by atoms with Crippen LogP contribution in [-0.4, -0.2) is 43.0 Å². The lowest BCUT2D eigenvalue weighted by Crippen LogP contribution is -2.27. The van der Waals surface area contributed by atoms with Gasteiger partial charge in [-0.2, -0.15) is 0 Å². The van der Waals surface area contributed by atoms with E-state index in [0.29, 0.717) is 36.2 Å². The summed E-state index contributed by atoms with van der Waals surface area (Å²) in [6.45, 7) is 1.40. The number of carbonyl (C=O) groups excluding carboxylic acids is 1. The number of amides is 2. The minimum absolute atomic E-state index is 0.343. The Bertz CT molecular complexity index is 1290. The van der Waals surface area contributed by atoms with E-state index >= 15 is 0 Å². The fraction of sp³-hybridized carbons (Fsp3) is 0.185. The molecule has 180 valence electrons. The number of urea groups is 1. The number of hydrogen-bond donors (Lipinski definition) is 2. The van der Waals surface area contributed by atoms with Gasteiger partial charge in [0.15, 0.2) is 0 Å². The lowest BCUT2D eigenvalue weighted by atomic mass is 10.1. The molecule has 2 N–H and O–H groups in total. The summed E-state index contributed by atoms with van der Waals surface area (Å²) in [6.07, 6.45) is 0. The number of rotatable bonds is 9. The van der Waals surface area contributed by atoms with Crippen molar-refractivity contribution in [3.8, 4) is 17.0 Å². The van der Waals surface area contributed by atoms with Gasteiger partial charge in [0, 0.05) is 47.2 Å². The number of hydrogen-bond acceptors (Lipinski definition) is 4. The molecule has 0 unspecified atom stereocenters. The molecule has 0 saturated heterocycles. The zero-order valence-corrected chi connectivity index (χ0v) is 20.8. The molecule has 0 radical (unpaired) electrons. The van der Waals surface area contributed by atoms with E-state index in [4.69, 9.17) is 32.9 Å². The minimum Gasteiger partial charge on any atom is -0.497 e. The van der Waals surface area contributed by atoms with Crippen LogP contribution < -0.4 is 20.3 Å². The predicted octanol–water partition coefficient (Wildman–Crippen LogP) is 6.84. The highest BCUT2D eigenvalue weighted by molar-refractivity contribution is 6.18. The summed E-state index contributed by atoms with van der Waals surface area (Å²) in [7, 11) is 1.63. The van der Waals surface area contributed by atoms with Crippen LogP contribution in [0.2, 0.25) is 0 Å². The van der Waals surface area contributed by atoms with Gasteiger partial charge < -0.3 is 20.3 Å². The maximum absolute atomic E-state index is 12.9. The molecular weight excluding hydrogens is 483 g/mol. The maximum atomic E-state index is 12.9. The summed E-state index contributed by atoms with van der Waals surface area (Å²) in [4.78, 5) is 19.8. The Morgan fingerprint density at radius 1 is 0.914 bits per heavy atom. The highest BCUT2D eigenvalue weighted by Gasteiger charge is 2.12. The van der Waals surface area contributed by atoms with Gasteiger partial charge >= 0.3 is 6.03 Å². The van der Waals surface area contributed by atoms with E-state index in [0.717, 1.165) is 33.6 Å². The second-order valence-corrected chi connectivity index (χ2v) is 8.55. The summed E-state index contributed by atoms with van der Waals surface area (Å²) in [6, 6.07) is 24.5.